The number of carboxylic acids is 1. The highest BCUT2D eigenvalue weighted by Gasteiger charge is 2.05. The molecule has 96 valence electrons. The molecular weight excluding hydrogens is 232 g/mol. The summed E-state index contributed by atoms with van der Waals surface area (Å²) in [7, 11) is 0. The number of aryl methyl sites for hydroxylation is 1. The van der Waals surface area contributed by atoms with Crippen molar-refractivity contribution in [2.45, 2.75) is 13.3 Å². The van der Waals surface area contributed by atoms with Crippen LogP contribution < -0.4 is 10.6 Å². The number of aliphatic carboxylic acids is 1. The number of nitrogens with one attached hydrogen (secondary N) is 2. The summed E-state index contributed by atoms with van der Waals surface area (Å²) in [4.78, 5) is 21.9. The summed E-state index contributed by atoms with van der Waals surface area (Å²) in [5.74, 6) is -1.05. The van der Waals surface area contributed by atoms with E-state index in [0.717, 1.165) is 5.56 Å². The number of carbonyl (C=O) groups excluding carboxylic acids is 1. The van der Waals surface area contributed by atoms with Crippen LogP contribution in [0.25, 0.3) is 0 Å². The molecular formula is C13H16N2O3. The van der Waals surface area contributed by atoms with Crippen LogP contribution in [0.2, 0.25) is 0 Å². The van der Waals surface area contributed by atoms with E-state index in [1.807, 2.05) is 19.1 Å². The summed E-state index contributed by atoms with van der Waals surface area (Å²) < 4.78 is 0. The molecule has 0 saturated heterocycles. The van der Waals surface area contributed by atoms with Gasteiger partial charge in [-0.15, -0.1) is 0 Å². The Kier molecular flexibility index (Phi) is 4.92. The number of hydrogen-bond acceptors (Lipinski definition) is 2. The maximum absolute atomic E-state index is 11.4. The van der Waals surface area contributed by atoms with Crippen molar-refractivity contribution >= 4 is 17.7 Å². The fourth-order valence-corrected chi connectivity index (χ4v) is 1.25. The Morgan fingerprint density at radius 1 is 1.28 bits per heavy atom. The van der Waals surface area contributed by atoms with Gasteiger partial charge in [0, 0.05) is 17.8 Å². The minimum atomic E-state index is -1.05. The summed E-state index contributed by atoms with van der Waals surface area (Å²) in [6.45, 7) is 5.57. The number of carbonyl (C=O) groups is 2. The Morgan fingerprint density at radius 3 is 2.44 bits per heavy atom. The normalized spacial score (nSPS) is 9.61. The molecule has 18 heavy (non-hydrogen) atoms. The van der Waals surface area contributed by atoms with Gasteiger partial charge in [-0.05, 0) is 25.5 Å². The minimum absolute atomic E-state index is 0.0747. The van der Waals surface area contributed by atoms with Gasteiger partial charge >= 0.3 is 12.0 Å². The number of benzene rings is 1. The Bertz CT molecular complexity index is 452. The lowest BCUT2D eigenvalue weighted by molar-refractivity contribution is -0.132. The van der Waals surface area contributed by atoms with E-state index >= 15 is 0 Å². The highest BCUT2D eigenvalue weighted by Crippen LogP contribution is 2.08. The van der Waals surface area contributed by atoms with Crippen molar-refractivity contribution in [3.63, 3.8) is 0 Å². The number of amides is 2. The number of hydrogen-bond donors (Lipinski definition) is 3. The number of carboxylic acid groups (broad SMARTS) is 1. The van der Waals surface area contributed by atoms with Gasteiger partial charge in [0.15, 0.2) is 0 Å². The molecule has 0 heterocycles. The van der Waals surface area contributed by atoms with E-state index in [9.17, 15) is 9.59 Å². The second kappa shape index (κ2) is 6.44. The van der Waals surface area contributed by atoms with E-state index in [1.165, 1.54) is 0 Å². The topological polar surface area (TPSA) is 78.4 Å². The summed E-state index contributed by atoms with van der Waals surface area (Å²) in [5.41, 5.74) is 1.87. The minimum Gasteiger partial charge on any atom is -0.478 e. The molecule has 0 spiro atoms. The van der Waals surface area contributed by atoms with Crippen LogP contribution in [0.4, 0.5) is 10.5 Å². The molecule has 0 unspecified atom stereocenters. The molecule has 0 atom stereocenters. The number of urea groups is 1. The molecule has 1 aromatic rings. The van der Waals surface area contributed by atoms with Gasteiger partial charge in [-0.25, -0.2) is 9.59 Å². The van der Waals surface area contributed by atoms with Gasteiger partial charge in [0.25, 0.3) is 0 Å². The van der Waals surface area contributed by atoms with E-state index in [0.29, 0.717) is 5.69 Å². The van der Waals surface area contributed by atoms with Crippen LogP contribution >= 0.6 is 0 Å². The third-order valence-electron chi connectivity index (χ3n) is 2.32. The fourth-order valence-electron chi connectivity index (χ4n) is 1.25. The van der Waals surface area contributed by atoms with Gasteiger partial charge in [-0.3, -0.25) is 0 Å². The largest absolute Gasteiger partial charge is 0.478 e. The first-order valence-electron chi connectivity index (χ1n) is 5.51. The smallest absolute Gasteiger partial charge is 0.331 e. The van der Waals surface area contributed by atoms with Gasteiger partial charge in [0.2, 0.25) is 0 Å². The van der Waals surface area contributed by atoms with Gasteiger partial charge in [-0.2, -0.15) is 0 Å². The standard InChI is InChI=1S/C13H16N2O3/c1-9-3-5-11(6-4-9)15-13(18)14-8-7-10(2)12(16)17/h3-6H,2,7-8H2,1H3,(H,16,17)(H2,14,15,18). The van der Waals surface area contributed by atoms with Crippen molar-refractivity contribution in [3.05, 3.63) is 42.0 Å². The molecule has 1 rings (SSSR count). The molecule has 3 N–H and O–H groups in total. The predicted molar refractivity (Wildman–Crippen MR) is 69.6 cm³/mol. The predicted octanol–water partition coefficient (Wildman–Crippen LogP) is 2.15. The maximum Gasteiger partial charge on any atom is 0.331 e. The molecule has 5 heteroatoms. The SMILES string of the molecule is C=C(CCNC(=O)Nc1ccc(C)cc1)C(=O)O. The van der Waals surface area contributed by atoms with Crippen LogP contribution in [0.3, 0.4) is 0 Å². The van der Waals surface area contributed by atoms with E-state index in [4.69, 9.17) is 5.11 Å². The molecule has 1 aromatic carbocycles. The summed E-state index contributed by atoms with van der Waals surface area (Å²) in [6, 6.07) is 7.01. The lowest BCUT2D eigenvalue weighted by Crippen LogP contribution is -2.30. The van der Waals surface area contributed by atoms with E-state index in [-0.39, 0.29) is 24.6 Å². The molecule has 0 radical (unpaired) electrons. The summed E-state index contributed by atoms with van der Waals surface area (Å²) in [5, 5.41) is 13.8. The van der Waals surface area contributed by atoms with Crippen LogP contribution in [0, 0.1) is 6.92 Å². The number of rotatable bonds is 5. The van der Waals surface area contributed by atoms with Crippen molar-refractivity contribution in [1.29, 1.82) is 0 Å². The highest BCUT2D eigenvalue weighted by atomic mass is 16.4. The Labute approximate surface area is 106 Å². The molecule has 0 saturated carbocycles. The van der Waals surface area contributed by atoms with Crippen LogP contribution in [0.5, 0.6) is 0 Å². The summed E-state index contributed by atoms with van der Waals surface area (Å²) >= 11 is 0. The van der Waals surface area contributed by atoms with Crippen LogP contribution in [0.1, 0.15) is 12.0 Å². The van der Waals surface area contributed by atoms with Crippen LogP contribution in [0.15, 0.2) is 36.4 Å². The van der Waals surface area contributed by atoms with Crippen LogP contribution in [-0.2, 0) is 4.79 Å². The first-order chi connectivity index (χ1) is 8.49. The third kappa shape index (κ3) is 4.69. The fraction of sp³-hybridized carbons (Fsp3) is 0.231. The van der Waals surface area contributed by atoms with Crippen molar-refractivity contribution in [1.82, 2.24) is 5.32 Å². The van der Waals surface area contributed by atoms with Crippen molar-refractivity contribution in [3.8, 4) is 0 Å². The second-order valence-electron chi connectivity index (χ2n) is 3.91. The van der Waals surface area contributed by atoms with Crippen molar-refractivity contribution in [2.75, 3.05) is 11.9 Å². The first-order valence-corrected chi connectivity index (χ1v) is 5.51. The zero-order valence-corrected chi connectivity index (χ0v) is 10.2. The average molecular weight is 248 g/mol. The zero-order valence-electron chi connectivity index (χ0n) is 10.2. The highest BCUT2D eigenvalue weighted by molar-refractivity contribution is 5.89. The first kappa shape index (κ1) is 13.8. The van der Waals surface area contributed by atoms with Gasteiger partial charge in [0.1, 0.15) is 0 Å². The van der Waals surface area contributed by atoms with Crippen molar-refractivity contribution < 1.29 is 14.7 Å². The molecule has 0 aromatic heterocycles. The molecule has 0 aliphatic rings. The third-order valence-corrected chi connectivity index (χ3v) is 2.32. The van der Waals surface area contributed by atoms with E-state index in [2.05, 4.69) is 17.2 Å². The lowest BCUT2D eigenvalue weighted by Gasteiger charge is -2.07. The molecule has 0 aliphatic carbocycles. The molecule has 0 fully saturated rings. The maximum atomic E-state index is 11.4. The average Bonchev–Trinajstić information content (AvgIpc) is 2.32. The second-order valence-corrected chi connectivity index (χ2v) is 3.91. The quantitative estimate of drug-likeness (QED) is 0.698. The van der Waals surface area contributed by atoms with E-state index in [1.54, 1.807) is 12.1 Å². The lowest BCUT2D eigenvalue weighted by atomic mass is 10.2. The van der Waals surface area contributed by atoms with Gasteiger partial charge in [-0.1, -0.05) is 24.3 Å². The molecule has 0 aliphatic heterocycles. The monoisotopic (exact) mass is 248 g/mol. The molecule has 0 bridgehead atoms. The van der Waals surface area contributed by atoms with Crippen LogP contribution in [-0.4, -0.2) is 23.7 Å². The number of anilines is 1. The molecule has 5 nitrogen and oxygen atoms in total. The summed E-state index contributed by atoms with van der Waals surface area (Å²) in [6.07, 6.45) is 0.219. The Morgan fingerprint density at radius 2 is 1.89 bits per heavy atom. The van der Waals surface area contributed by atoms with Crippen molar-refractivity contribution in [2.24, 2.45) is 0 Å². The van der Waals surface area contributed by atoms with E-state index < -0.39 is 5.97 Å². The Balaban J connectivity index is 2.32. The van der Waals surface area contributed by atoms with Gasteiger partial charge in [0.05, 0.1) is 0 Å². The van der Waals surface area contributed by atoms with Gasteiger partial charge < -0.3 is 15.7 Å². The zero-order chi connectivity index (χ0) is 13.5. The Hall–Kier alpha value is -2.30. The molecule has 2 amide bonds.